The maximum absolute atomic E-state index is 14.7. The smallest absolute Gasteiger partial charge is 0.411 e. The Morgan fingerprint density at radius 3 is 2.67 bits per heavy atom. The molecule has 0 saturated carbocycles. The summed E-state index contributed by atoms with van der Waals surface area (Å²) in [4.78, 5) is 45.4. The number of hydrogen-bond acceptors (Lipinski definition) is 4. The van der Waals surface area contributed by atoms with E-state index in [0.29, 0.717) is 41.9 Å². The highest BCUT2D eigenvalue weighted by molar-refractivity contribution is 6.31. The first kappa shape index (κ1) is 29.2. The van der Waals surface area contributed by atoms with Crippen molar-refractivity contribution in [2.75, 3.05) is 23.8 Å². The van der Waals surface area contributed by atoms with Crippen molar-refractivity contribution in [3.8, 4) is 11.1 Å². The standard InChI is InChI=1S/C31H29ClF2N4O4/c1-17-4-3-5-26(38-13-11-19(15-27(38)39)28-23(33)9-8-22(32)29(28)34)25-14-18(10-12-35-25)21-7-6-20(37(2)31(41)42)16-24(21)36-30(17)40/h6-10,12,14-17,26H,3-5,11,13H2,1-2H3,(H,36,40)(H,41,42)/t17-,26+/m0/s1. The predicted octanol–water partition coefficient (Wildman–Crippen LogP) is 6.91. The van der Waals surface area contributed by atoms with Gasteiger partial charge in [-0.3, -0.25) is 19.5 Å². The van der Waals surface area contributed by atoms with Gasteiger partial charge in [-0.15, -0.1) is 0 Å². The molecule has 0 spiro atoms. The second-order valence-corrected chi connectivity index (χ2v) is 11.0. The van der Waals surface area contributed by atoms with Gasteiger partial charge in [0.1, 0.15) is 5.82 Å². The normalized spacial score (nSPS) is 19.2. The molecule has 2 aliphatic rings. The molecule has 0 aliphatic carbocycles. The Hall–Kier alpha value is -4.31. The highest BCUT2D eigenvalue weighted by Gasteiger charge is 2.31. The third-order valence-corrected chi connectivity index (χ3v) is 8.17. The quantitative estimate of drug-likeness (QED) is 0.321. The Morgan fingerprint density at radius 2 is 1.93 bits per heavy atom. The highest BCUT2D eigenvalue weighted by atomic mass is 35.5. The molecule has 0 fully saturated rings. The molecule has 2 N–H and O–H groups in total. The third-order valence-electron chi connectivity index (χ3n) is 7.88. The van der Waals surface area contributed by atoms with Gasteiger partial charge in [0.15, 0.2) is 5.82 Å². The van der Waals surface area contributed by atoms with E-state index in [9.17, 15) is 28.3 Å². The van der Waals surface area contributed by atoms with Gasteiger partial charge in [-0.25, -0.2) is 13.6 Å². The zero-order chi connectivity index (χ0) is 30.1. The number of amides is 3. The van der Waals surface area contributed by atoms with Crippen molar-refractivity contribution in [1.82, 2.24) is 9.88 Å². The summed E-state index contributed by atoms with van der Waals surface area (Å²) < 4.78 is 29.3. The molecule has 5 rings (SSSR count). The average molecular weight is 595 g/mol. The first-order valence-electron chi connectivity index (χ1n) is 13.6. The molecular formula is C31H29ClF2N4O4. The van der Waals surface area contributed by atoms with Crippen LogP contribution in [0.4, 0.5) is 25.0 Å². The number of rotatable bonds is 3. The van der Waals surface area contributed by atoms with E-state index in [2.05, 4.69) is 10.3 Å². The van der Waals surface area contributed by atoms with Crippen LogP contribution in [0.15, 0.2) is 54.7 Å². The number of carbonyl (C=O) groups is 3. The van der Waals surface area contributed by atoms with Gasteiger partial charge in [0, 0.05) is 43.0 Å². The molecule has 1 aromatic heterocycles. The van der Waals surface area contributed by atoms with Gasteiger partial charge >= 0.3 is 6.09 Å². The lowest BCUT2D eigenvalue weighted by Gasteiger charge is -2.34. The minimum atomic E-state index is -1.14. The predicted molar refractivity (Wildman–Crippen MR) is 156 cm³/mol. The number of aromatic nitrogens is 1. The molecule has 3 heterocycles. The SMILES string of the molecule is C[C@H]1CCC[C@@H](N2CCC(c3c(F)ccc(Cl)c3F)=CC2=O)c2cc(ccn2)-c2ccc(N(C)C(=O)O)cc2NC1=O. The molecule has 3 aromatic rings. The van der Waals surface area contributed by atoms with Gasteiger partial charge in [-0.1, -0.05) is 31.0 Å². The summed E-state index contributed by atoms with van der Waals surface area (Å²) in [5.41, 5.74) is 2.82. The lowest BCUT2D eigenvalue weighted by atomic mass is 9.92. The Morgan fingerprint density at radius 1 is 1.14 bits per heavy atom. The van der Waals surface area contributed by atoms with Crippen LogP contribution in [0.3, 0.4) is 0 Å². The van der Waals surface area contributed by atoms with E-state index in [1.54, 1.807) is 35.4 Å². The van der Waals surface area contributed by atoms with E-state index in [0.717, 1.165) is 22.6 Å². The van der Waals surface area contributed by atoms with Crippen molar-refractivity contribution in [2.45, 2.75) is 38.6 Å². The minimum Gasteiger partial charge on any atom is -0.465 e. The number of benzene rings is 2. The molecule has 0 unspecified atom stereocenters. The summed E-state index contributed by atoms with van der Waals surface area (Å²) in [6.45, 7) is 2.03. The van der Waals surface area contributed by atoms with Gasteiger partial charge < -0.3 is 15.3 Å². The molecule has 0 saturated heterocycles. The van der Waals surface area contributed by atoms with E-state index in [-0.39, 0.29) is 40.9 Å². The summed E-state index contributed by atoms with van der Waals surface area (Å²) >= 11 is 5.88. The number of nitrogens with one attached hydrogen (secondary N) is 1. The molecule has 2 bridgehead atoms. The van der Waals surface area contributed by atoms with Crippen LogP contribution in [0.5, 0.6) is 0 Å². The molecule has 11 heteroatoms. The highest BCUT2D eigenvalue weighted by Crippen LogP contribution is 2.38. The molecule has 2 aliphatic heterocycles. The van der Waals surface area contributed by atoms with Crippen LogP contribution in [0.1, 0.15) is 49.9 Å². The lowest BCUT2D eigenvalue weighted by Crippen LogP contribution is -2.38. The number of nitrogens with zero attached hydrogens (tertiary/aromatic N) is 3. The minimum absolute atomic E-state index is 0.204. The first-order valence-corrected chi connectivity index (χ1v) is 14.0. The van der Waals surface area contributed by atoms with Crippen LogP contribution in [0.25, 0.3) is 16.7 Å². The Labute approximate surface area is 246 Å². The van der Waals surface area contributed by atoms with Crippen LogP contribution in [-0.4, -0.2) is 46.5 Å². The number of carboxylic acid groups (broad SMARTS) is 1. The van der Waals surface area contributed by atoms with Gasteiger partial charge in [0.05, 0.1) is 28.0 Å². The van der Waals surface area contributed by atoms with Crippen LogP contribution < -0.4 is 10.2 Å². The van der Waals surface area contributed by atoms with Crippen molar-refractivity contribution in [1.29, 1.82) is 0 Å². The molecule has 2 aromatic carbocycles. The summed E-state index contributed by atoms with van der Waals surface area (Å²) in [5.74, 6) is -2.64. The maximum Gasteiger partial charge on any atom is 0.411 e. The number of pyridine rings is 1. The fourth-order valence-corrected chi connectivity index (χ4v) is 5.61. The summed E-state index contributed by atoms with van der Waals surface area (Å²) in [6, 6.07) is 10.4. The van der Waals surface area contributed by atoms with E-state index in [1.165, 1.54) is 13.1 Å². The van der Waals surface area contributed by atoms with Gasteiger partial charge in [0.2, 0.25) is 11.8 Å². The van der Waals surface area contributed by atoms with Crippen LogP contribution in [0, 0.1) is 17.6 Å². The number of fused-ring (bicyclic) bond motifs is 4. The summed E-state index contributed by atoms with van der Waals surface area (Å²) in [7, 11) is 1.42. The Bertz CT molecular complexity index is 1610. The maximum atomic E-state index is 14.7. The van der Waals surface area contributed by atoms with Gasteiger partial charge in [-0.05, 0) is 66.8 Å². The van der Waals surface area contributed by atoms with Crippen LogP contribution in [-0.2, 0) is 9.59 Å². The van der Waals surface area contributed by atoms with Crippen molar-refractivity contribution < 1.29 is 28.3 Å². The topological polar surface area (TPSA) is 103 Å². The Balaban J connectivity index is 1.54. The zero-order valence-corrected chi connectivity index (χ0v) is 23.8. The largest absolute Gasteiger partial charge is 0.465 e. The fraction of sp³-hybridized carbons (Fsp3) is 0.290. The third kappa shape index (κ3) is 5.72. The summed E-state index contributed by atoms with van der Waals surface area (Å²) in [5, 5.41) is 12.2. The number of carbonyl (C=O) groups excluding carboxylic acids is 2. The fourth-order valence-electron chi connectivity index (χ4n) is 5.46. The van der Waals surface area contributed by atoms with Crippen molar-refractivity contribution in [2.24, 2.45) is 5.92 Å². The molecule has 2 atom stereocenters. The van der Waals surface area contributed by atoms with E-state index >= 15 is 0 Å². The van der Waals surface area contributed by atoms with Crippen molar-refractivity contribution in [3.63, 3.8) is 0 Å². The van der Waals surface area contributed by atoms with E-state index < -0.39 is 29.7 Å². The molecule has 3 amide bonds. The van der Waals surface area contributed by atoms with Crippen LogP contribution in [0.2, 0.25) is 5.02 Å². The number of anilines is 2. The molecule has 42 heavy (non-hydrogen) atoms. The molecule has 8 nitrogen and oxygen atoms in total. The van der Waals surface area contributed by atoms with Crippen molar-refractivity contribution in [3.05, 3.63) is 82.7 Å². The second-order valence-electron chi connectivity index (χ2n) is 10.5. The molecular weight excluding hydrogens is 566 g/mol. The number of halogens is 3. The second kappa shape index (κ2) is 11.9. The first-order chi connectivity index (χ1) is 20.0. The van der Waals surface area contributed by atoms with E-state index in [4.69, 9.17) is 11.6 Å². The zero-order valence-electron chi connectivity index (χ0n) is 23.0. The van der Waals surface area contributed by atoms with Gasteiger partial charge in [-0.2, -0.15) is 0 Å². The lowest BCUT2D eigenvalue weighted by molar-refractivity contribution is -0.129. The van der Waals surface area contributed by atoms with Crippen molar-refractivity contribution >= 4 is 46.5 Å². The summed E-state index contributed by atoms with van der Waals surface area (Å²) in [6.07, 6.45) is 3.64. The Kier molecular flexibility index (Phi) is 8.27. The van der Waals surface area contributed by atoms with Gasteiger partial charge in [0.25, 0.3) is 0 Å². The monoisotopic (exact) mass is 594 g/mol. The number of hydrogen-bond donors (Lipinski definition) is 2. The van der Waals surface area contributed by atoms with Crippen LogP contribution >= 0.6 is 11.6 Å². The van der Waals surface area contributed by atoms with E-state index in [1.807, 2.05) is 13.0 Å². The average Bonchev–Trinajstić information content (AvgIpc) is 2.97. The molecule has 218 valence electrons. The molecule has 0 radical (unpaired) electrons.